The first-order chi connectivity index (χ1) is 12.8. The summed E-state index contributed by atoms with van der Waals surface area (Å²) in [5, 5.41) is 4.17. The van der Waals surface area contributed by atoms with Gasteiger partial charge in [0.15, 0.2) is 5.82 Å². The van der Waals surface area contributed by atoms with E-state index >= 15 is 0 Å². The number of likely N-dealkylation sites (tertiary alicyclic amines) is 1. The SMILES string of the molecule is O=C(c1cnccn1)N1CCCC(Cc2nc(C3CCOCC3)no2)C1. The maximum atomic E-state index is 12.6. The van der Waals surface area contributed by atoms with Gasteiger partial charge in [0.05, 0.1) is 6.20 Å². The van der Waals surface area contributed by atoms with Crippen molar-refractivity contribution in [3.05, 3.63) is 36.0 Å². The van der Waals surface area contributed by atoms with Gasteiger partial charge < -0.3 is 14.2 Å². The largest absolute Gasteiger partial charge is 0.381 e. The molecule has 2 aliphatic heterocycles. The van der Waals surface area contributed by atoms with Crippen LogP contribution in [0.3, 0.4) is 0 Å². The normalized spacial score (nSPS) is 21.7. The maximum Gasteiger partial charge on any atom is 0.274 e. The van der Waals surface area contributed by atoms with E-state index in [0.717, 1.165) is 51.3 Å². The number of hydrogen-bond donors (Lipinski definition) is 0. The summed E-state index contributed by atoms with van der Waals surface area (Å²) in [6.07, 6.45) is 9.26. The number of nitrogens with zero attached hydrogens (tertiary/aromatic N) is 5. The lowest BCUT2D eigenvalue weighted by Crippen LogP contribution is -2.40. The van der Waals surface area contributed by atoms with Gasteiger partial charge in [0, 0.05) is 51.0 Å². The topological polar surface area (TPSA) is 94.2 Å². The fraction of sp³-hybridized carbons (Fsp3) is 0.611. The summed E-state index contributed by atoms with van der Waals surface area (Å²) < 4.78 is 10.9. The highest BCUT2D eigenvalue weighted by atomic mass is 16.5. The molecule has 2 saturated heterocycles. The van der Waals surface area contributed by atoms with Crippen LogP contribution in [0.2, 0.25) is 0 Å². The third-order valence-electron chi connectivity index (χ3n) is 5.12. The quantitative estimate of drug-likeness (QED) is 0.824. The second-order valence-electron chi connectivity index (χ2n) is 6.99. The summed E-state index contributed by atoms with van der Waals surface area (Å²) in [5.41, 5.74) is 0.396. The molecular weight excluding hydrogens is 334 g/mol. The molecule has 2 fully saturated rings. The van der Waals surface area contributed by atoms with Crippen LogP contribution in [0, 0.1) is 5.92 Å². The minimum absolute atomic E-state index is 0.0591. The predicted octanol–water partition coefficient (Wildman–Crippen LogP) is 1.85. The van der Waals surface area contributed by atoms with Crippen molar-refractivity contribution in [2.45, 2.75) is 38.0 Å². The molecule has 2 aliphatic rings. The first-order valence-electron chi connectivity index (χ1n) is 9.25. The highest BCUT2D eigenvalue weighted by Gasteiger charge is 2.28. The van der Waals surface area contributed by atoms with Crippen molar-refractivity contribution in [1.29, 1.82) is 0 Å². The summed E-state index contributed by atoms with van der Waals surface area (Å²) >= 11 is 0. The van der Waals surface area contributed by atoms with E-state index in [1.165, 1.54) is 6.20 Å². The van der Waals surface area contributed by atoms with E-state index in [1.807, 2.05) is 4.90 Å². The van der Waals surface area contributed by atoms with Crippen LogP contribution in [0.15, 0.2) is 23.1 Å². The van der Waals surface area contributed by atoms with E-state index in [-0.39, 0.29) is 5.91 Å². The lowest BCUT2D eigenvalue weighted by molar-refractivity contribution is 0.0661. The predicted molar refractivity (Wildman–Crippen MR) is 91.5 cm³/mol. The number of carbonyl (C=O) groups is 1. The van der Waals surface area contributed by atoms with E-state index < -0.39 is 0 Å². The van der Waals surface area contributed by atoms with Crippen LogP contribution in [0.4, 0.5) is 0 Å². The molecule has 0 bridgehead atoms. The minimum atomic E-state index is -0.0591. The van der Waals surface area contributed by atoms with Crippen LogP contribution >= 0.6 is 0 Å². The first kappa shape index (κ1) is 17.1. The van der Waals surface area contributed by atoms with Crippen molar-refractivity contribution in [2.24, 2.45) is 5.92 Å². The molecule has 4 rings (SSSR count). The fourth-order valence-corrected chi connectivity index (χ4v) is 3.71. The molecule has 1 amide bonds. The van der Waals surface area contributed by atoms with Gasteiger partial charge in [-0.05, 0) is 31.6 Å². The van der Waals surface area contributed by atoms with Crippen LogP contribution < -0.4 is 0 Å². The zero-order chi connectivity index (χ0) is 17.8. The zero-order valence-corrected chi connectivity index (χ0v) is 14.7. The minimum Gasteiger partial charge on any atom is -0.381 e. The number of amides is 1. The van der Waals surface area contributed by atoms with E-state index in [0.29, 0.717) is 36.4 Å². The number of aromatic nitrogens is 4. The van der Waals surface area contributed by atoms with Gasteiger partial charge in [-0.15, -0.1) is 0 Å². The van der Waals surface area contributed by atoms with Gasteiger partial charge >= 0.3 is 0 Å². The molecule has 2 aromatic heterocycles. The molecule has 0 radical (unpaired) electrons. The molecule has 0 aromatic carbocycles. The van der Waals surface area contributed by atoms with Crippen LogP contribution in [0.1, 0.15) is 53.8 Å². The van der Waals surface area contributed by atoms with Crippen molar-refractivity contribution in [2.75, 3.05) is 26.3 Å². The molecule has 26 heavy (non-hydrogen) atoms. The van der Waals surface area contributed by atoms with Gasteiger partial charge in [-0.3, -0.25) is 9.78 Å². The van der Waals surface area contributed by atoms with Gasteiger partial charge in [0.1, 0.15) is 5.69 Å². The van der Waals surface area contributed by atoms with Crippen LogP contribution in [0.5, 0.6) is 0 Å². The van der Waals surface area contributed by atoms with E-state index in [9.17, 15) is 4.79 Å². The molecule has 0 N–H and O–H groups in total. The van der Waals surface area contributed by atoms with Gasteiger partial charge in [-0.25, -0.2) is 4.98 Å². The summed E-state index contributed by atoms with van der Waals surface area (Å²) in [6, 6.07) is 0. The third kappa shape index (κ3) is 3.90. The molecule has 1 unspecified atom stereocenters. The molecular formula is C18H23N5O3. The summed E-state index contributed by atoms with van der Waals surface area (Å²) in [5.74, 6) is 2.07. The maximum absolute atomic E-state index is 12.6. The molecule has 4 heterocycles. The fourth-order valence-electron chi connectivity index (χ4n) is 3.71. The lowest BCUT2D eigenvalue weighted by Gasteiger charge is -2.31. The molecule has 1 atom stereocenters. The zero-order valence-electron chi connectivity index (χ0n) is 14.7. The Morgan fingerprint density at radius 2 is 2.12 bits per heavy atom. The second-order valence-corrected chi connectivity index (χ2v) is 6.99. The lowest BCUT2D eigenvalue weighted by atomic mass is 9.94. The van der Waals surface area contributed by atoms with Gasteiger partial charge in [-0.1, -0.05) is 5.16 Å². The monoisotopic (exact) mass is 357 g/mol. The Labute approximate surface area is 152 Å². The Balaban J connectivity index is 1.36. The summed E-state index contributed by atoms with van der Waals surface area (Å²) in [6.45, 7) is 2.96. The molecule has 2 aromatic rings. The van der Waals surface area contributed by atoms with Crippen molar-refractivity contribution in [1.82, 2.24) is 25.0 Å². The highest BCUT2D eigenvalue weighted by Crippen LogP contribution is 2.26. The molecule has 8 nitrogen and oxygen atoms in total. The average Bonchev–Trinajstić information content (AvgIpc) is 3.17. The van der Waals surface area contributed by atoms with Gasteiger partial charge in [-0.2, -0.15) is 4.98 Å². The average molecular weight is 357 g/mol. The highest BCUT2D eigenvalue weighted by molar-refractivity contribution is 5.92. The smallest absolute Gasteiger partial charge is 0.274 e. The summed E-state index contributed by atoms with van der Waals surface area (Å²) in [7, 11) is 0. The molecule has 0 saturated carbocycles. The molecule has 8 heteroatoms. The van der Waals surface area contributed by atoms with Crippen molar-refractivity contribution >= 4 is 5.91 Å². The third-order valence-corrected chi connectivity index (χ3v) is 5.12. The summed E-state index contributed by atoms with van der Waals surface area (Å²) in [4.78, 5) is 27.1. The van der Waals surface area contributed by atoms with Crippen molar-refractivity contribution in [3.63, 3.8) is 0 Å². The van der Waals surface area contributed by atoms with Gasteiger partial charge in [0.2, 0.25) is 5.89 Å². The van der Waals surface area contributed by atoms with E-state index in [1.54, 1.807) is 12.4 Å². The second kappa shape index (κ2) is 7.90. The van der Waals surface area contributed by atoms with Crippen molar-refractivity contribution in [3.8, 4) is 0 Å². The van der Waals surface area contributed by atoms with Crippen LogP contribution in [0.25, 0.3) is 0 Å². The Hall–Kier alpha value is -2.35. The standard InChI is InChI=1S/C18H23N5O3/c24-18(15-11-19-5-6-20-15)23-7-1-2-13(12-23)10-16-21-17(22-26-16)14-3-8-25-9-4-14/h5-6,11,13-14H,1-4,7-10,12H2. The number of piperidine rings is 1. The molecule has 0 aliphatic carbocycles. The van der Waals surface area contributed by atoms with E-state index in [4.69, 9.17) is 9.26 Å². The van der Waals surface area contributed by atoms with E-state index in [2.05, 4.69) is 20.1 Å². The van der Waals surface area contributed by atoms with Crippen molar-refractivity contribution < 1.29 is 14.1 Å². The molecule has 0 spiro atoms. The Bertz CT molecular complexity index is 729. The van der Waals surface area contributed by atoms with Crippen LogP contribution in [-0.4, -0.2) is 57.2 Å². The Kier molecular flexibility index (Phi) is 5.19. The number of rotatable bonds is 4. The molecule has 138 valence electrons. The number of carbonyl (C=O) groups excluding carboxylic acids is 1. The number of hydrogen-bond acceptors (Lipinski definition) is 7. The Morgan fingerprint density at radius 1 is 1.23 bits per heavy atom. The van der Waals surface area contributed by atoms with Gasteiger partial charge in [0.25, 0.3) is 5.91 Å². The Morgan fingerprint density at radius 3 is 2.92 bits per heavy atom. The first-order valence-corrected chi connectivity index (χ1v) is 9.25. The van der Waals surface area contributed by atoms with Crippen LogP contribution in [-0.2, 0) is 11.2 Å². The number of ether oxygens (including phenoxy) is 1.